The van der Waals surface area contributed by atoms with E-state index in [0.29, 0.717) is 23.4 Å². The van der Waals surface area contributed by atoms with Gasteiger partial charge in [-0.2, -0.15) is 0 Å². The number of ketones is 1. The lowest BCUT2D eigenvalue weighted by molar-refractivity contribution is -0.115. The topological polar surface area (TPSA) is 58.2 Å². The van der Waals surface area contributed by atoms with Crippen LogP contribution in [0.15, 0.2) is 84.9 Å². The molecule has 0 saturated heterocycles. The Morgan fingerprint density at radius 1 is 0.731 bits per heavy atom. The van der Waals surface area contributed by atoms with E-state index < -0.39 is 0 Å². The van der Waals surface area contributed by atoms with Crippen molar-refractivity contribution in [1.29, 1.82) is 0 Å². The predicted octanol–water partition coefficient (Wildman–Crippen LogP) is 3.65. The molecule has 2 N–H and O–H groups in total. The number of rotatable bonds is 7. The lowest BCUT2D eigenvalue weighted by Crippen LogP contribution is -2.28. The Labute approximate surface area is 152 Å². The van der Waals surface area contributed by atoms with Gasteiger partial charge in [-0.25, -0.2) is 0 Å². The highest BCUT2D eigenvalue weighted by atomic mass is 16.2. The highest BCUT2D eigenvalue weighted by Crippen LogP contribution is 2.19. The highest BCUT2D eigenvalue weighted by molar-refractivity contribution is 6.13. The number of hydrogen-bond donors (Lipinski definition) is 2. The lowest BCUT2D eigenvalue weighted by atomic mass is 10.0. The molecule has 0 aliphatic heterocycles. The summed E-state index contributed by atoms with van der Waals surface area (Å²) in [7, 11) is 0. The molecule has 0 aromatic heterocycles. The largest absolute Gasteiger partial charge is 0.324 e. The molecule has 1 amide bonds. The molecule has 0 bridgehead atoms. The van der Waals surface area contributed by atoms with Crippen LogP contribution in [-0.2, 0) is 11.3 Å². The van der Waals surface area contributed by atoms with Crippen LogP contribution in [0.3, 0.4) is 0 Å². The second kappa shape index (κ2) is 8.74. The van der Waals surface area contributed by atoms with Gasteiger partial charge in [-0.3, -0.25) is 9.59 Å². The van der Waals surface area contributed by atoms with E-state index in [9.17, 15) is 9.59 Å². The number of nitrogens with one attached hydrogen (secondary N) is 2. The average molecular weight is 344 g/mol. The molecule has 0 atom stereocenters. The summed E-state index contributed by atoms with van der Waals surface area (Å²) in [5.41, 5.74) is 2.71. The van der Waals surface area contributed by atoms with E-state index in [4.69, 9.17) is 0 Å². The molecule has 0 saturated carbocycles. The molecular formula is C22H20N2O2. The van der Waals surface area contributed by atoms with Gasteiger partial charge in [0.25, 0.3) is 0 Å². The normalized spacial score (nSPS) is 10.3. The van der Waals surface area contributed by atoms with Crippen LogP contribution < -0.4 is 10.6 Å². The molecule has 0 heterocycles. The van der Waals surface area contributed by atoms with E-state index >= 15 is 0 Å². The molecule has 0 aliphatic rings. The fourth-order valence-corrected chi connectivity index (χ4v) is 2.65. The Morgan fingerprint density at radius 3 is 2.08 bits per heavy atom. The monoisotopic (exact) mass is 344 g/mol. The van der Waals surface area contributed by atoms with Crippen LogP contribution in [0.1, 0.15) is 21.5 Å². The Kier molecular flexibility index (Phi) is 5.91. The van der Waals surface area contributed by atoms with E-state index in [2.05, 4.69) is 10.6 Å². The molecule has 0 aliphatic carbocycles. The minimum Gasteiger partial charge on any atom is -0.324 e. The molecule has 26 heavy (non-hydrogen) atoms. The van der Waals surface area contributed by atoms with Crippen molar-refractivity contribution in [3.63, 3.8) is 0 Å². The van der Waals surface area contributed by atoms with Crippen LogP contribution in [0.25, 0.3) is 0 Å². The summed E-state index contributed by atoms with van der Waals surface area (Å²) in [5.74, 6) is -0.298. The van der Waals surface area contributed by atoms with Crippen molar-refractivity contribution < 1.29 is 9.59 Å². The molecule has 0 spiro atoms. The highest BCUT2D eigenvalue weighted by Gasteiger charge is 2.14. The van der Waals surface area contributed by atoms with Crippen molar-refractivity contribution in [2.75, 3.05) is 11.9 Å². The van der Waals surface area contributed by atoms with Crippen LogP contribution in [-0.4, -0.2) is 18.2 Å². The standard InChI is InChI=1S/C22H20N2O2/c25-21(16-23-15-17-9-3-1-4-10-17)24-20-14-8-7-13-19(20)22(26)18-11-5-2-6-12-18/h1-14,23H,15-16H2,(H,24,25). The van der Waals surface area contributed by atoms with Gasteiger partial charge >= 0.3 is 0 Å². The number of carbonyl (C=O) groups is 2. The Balaban J connectivity index is 1.63. The zero-order valence-electron chi connectivity index (χ0n) is 14.3. The summed E-state index contributed by atoms with van der Waals surface area (Å²) in [6.07, 6.45) is 0. The first-order valence-corrected chi connectivity index (χ1v) is 8.47. The second-order valence-electron chi connectivity index (χ2n) is 5.88. The van der Waals surface area contributed by atoms with Crippen LogP contribution in [0.4, 0.5) is 5.69 Å². The first-order chi connectivity index (χ1) is 12.7. The molecule has 3 aromatic carbocycles. The van der Waals surface area contributed by atoms with Crippen LogP contribution >= 0.6 is 0 Å². The van der Waals surface area contributed by atoms with E-state index in [0.717, 1.165) is 5.56 Å². The van der Waals surface area contributed by atoms with Gasteiger partial charge in [0.15, 0.2) is 5.78 Å². The third-order valence-corrected chi connectivity index (χ3v) is 3.94. The fourth-order valence-electron chi connectivity index (χ4n) is 2.65. The summed E-state index contributed by atoms with van der Waals surface area (Å²) in [6, 6.07) is 26.0. The fraction of sp³-hybridized carbons (Fsp3) is 0.0909. The maximum absolute atomic E-state index is 12.7. The van der Waals surface area contributed by atoms with E-state index in [1.165, 1.54) is 0 Å². The third kappa shape index (κ3) is 4.65. The maximum atomic E-state index is 12.7. The molecule has 3 aromatic rings. The van der Waals surface area contributed by atoms with Gasteiger partial charge in [-0.05, 0) is 17.7 Å². The average Bonchev–Trinajstić information content (AvgIpc) is 2.69. The first-order valence-electron chi connectivity index (χ1n) is 8.47. The van der Waals surface area contributed by atoms with Crippen molar-refractivity contribution in [1.82, 2.24) is 5.32 Å². The molecule has 130 valence electrons. The second-order valence-corrected chi connectivity index (χ2v) is 5.88. The Morgan fingerprint density at radius 2 is 1.35 bits per heavy atom. The number of hydrogen-bond acceptors (Lipinski definition) is 3. The van der Waals surface area contributed by atoms with Crippen molar-refractivity contribution in [2.24, 2.45) is 0 Å². The molecule has 4 nitrogen and oxygen atoms in total. The van der Waals surface area contributed by atoms with E-state index in [-0.39, 0.29) is 18.2 Å². The van der Waals surface area contributed by atoms with Crippen LogP contribution in [0, 0.1) is 0 Å². The summed E-state index contributed by atoms with van der Waals surface area (Å²) in [4.78, 5) is 24.9. The van der Waals surface area contributed by atoms with Crippen molar-refractivity contribution in [2.45, 2.75) is 6.54 Å². The van der Waals surface area contributed by atoms with Gasteiger partial charge in [-0.1, -0.05) is 72.8 Å². The molecular weight excluding hydrogens is 324 g/mol. The Bertz CT molecular complexity index is 877. The van der Waals surface area contributed by atoms with Gasteiger partial charge in [0, 0.05) is 17.7 Å². The first kappa shape index (κ1) is 17.6. The van der Waals surface area contributed by atoms with E-state index in [1.807, 2.05) is 48.5 Å². The van der Waals surface area contributed by atoms with Gasteiger partial charge in [-0.15, -0.1) is 0 Å². The number of anilines is 1. The number of para-hydroxylation sites is 1. The summed E-state index contributed by atoms with van der Waals surface area (Å²) >= 11 is 0. The quantitative estimate of drug-likeness (QED) is 0.643. The minimum atomic E-state index is -0.186. The molecule has 0 fully saturated rings. The van der Waals surface area contributed by atoms with Crippen molar-refractivity contribution >= 4 is 17.4 Å². The Hall–Kier alpha value is -3.24. The van der Waals surface area contributed by atoms with Gasteiger partial charge in [0.05, 0.1) is 12.2 Å². The summed E-state index contributed by atoms with van der Waals surface area (Å²) < 4.78 is 0. The number of carbonyl (C=O) groups excluding carboxylic acids is 2. The predicted molar refractivity (Wildman–Crippen MR) is 103 cm³/mol. The molecule has 3 rings (SSSR count). The smallest absolute Gasteiger partial charge is 0.238 e. The SMILES string of the molecule is O=C(CNCc1ccccc1)Nc1ccccc1C(=O)c1ccccc1. The van der Waals surface area contributed by atoms with Crippen LogP contribution in [0.5, 0.6) is 0 Å². The summed E-state index contributed by atoms with van der Waals surface area (Å²) in [5, 5.41) is 5.93. The van der Waals surface area contributed by atoms with Crippen molar-refractivity contribution in [3.8, 4) is 0 Å². The maximum Gasteiger partial charge on any atom is 0.238 e. The molecule has 4 heteroatoms. The van der Waals surface area contributed by atoms with Gasteiger partial charge < -0.3 is 10.6 Å². The number of benzene rings is 3. The minimum absolute atomic E-state index is 0.112. The number of amides is 1. The molecule has 0 unspecified atom stereocenters. The zero-order chi connectivity index (χ0) is 18.2. The zero-order valence-corrected chi connectivity index (χ0v) is 14.3. The van der Waals surface area contributed by atoms with Gasteiger partial charge in [0.1, 0.15) is 0 Å². The third-order valence-electron chi connectivity index (χ3n) is 3.94. The molecule has 0 radical (unpaired) electrons. The summed E-state index contributed by atoms with van der Waals surface area (Å²) in [6.45, 7) is 0.779. The van der Waals surface area contributed by atoms with E-state index in [1.54, 1.807) is 36.4 Å². The van der Waals surface area contributed by atoms with Crippen molar-refractivity contribution in [3.05, 3.63) is 102 Å². The van der Waals surface area contributed by atoms with Crippen LogP contribution in [0.2, 0.25) is 0 Å². The van der Waals surface area contributed by atoms with Gasteiger partial charge in [0.2, 0.25) is 5.91 Å². The lowest BCUT2D eigenvalue weighted by Gasteiger charge is -2.11.